The molecule has 0 spiro atoms. The highest BCUT2D eigenvalue weighted by molar-refractivity contribution is 5.44. The molecule has 3 aromatic rings. The van der Waals surface area contributed by atoms with Crippen LogP contribution in [0.3, 0.4) is 0 Å². The number of aryl methyl sites for hydroxylation is 1. The first-order chi connectivity index (χ1) is 13.2. The summed E-state index contributed by atoms with van der Waals surface area (Å²) in [5, 5.41) is 12.7. The molecular formula is C19H21N7O. The lowest BCUT2D eigenvalue weighted by molar-refractivity contribution is 0.416. The van der Waals surface area contributed by atoms with Crippen molar-refractivity contribution >= 4 is 11.5 Å². The Bertz CT molecular complexity index is 1060. The van der Waals surface area contributed by atoms with Crippen molar-refractivity contribution in [3.05, 3.63) is 58.5 Å². The minimum atomic E-state index is -0.0658. The quantitative estimate of drug-likeness (QED) is 0.745. The molecule has 1 N–H and O–H groups in total. The van der Waals surface area contributed by atoms with Crippen molar-refractivity contribution in [2.45, 2.75) is 25.4 Å². The Morgan fingerprint density at radius 2 is 2.26 bits per heavy atom. The van der Waals surface area contributed by atoms with Gasteiger partial charge in [-0.3, -0.25) is 4.79 Å². The molecule has 0 bridgehead atoms. The molecule has 0 radical (unpaired) electrons. The number of anilines is 1. The minimum Gasteiger partial charge on any atom is -0.350 e. The molecule has 4 heterocycles. The van der Waals surface area contributed by atoms with Crippen LogP contribution in [-0.4, -0.2) is 38.1 Å². The van der Waals surface area contributed by atoms with Crippen LogP contribution < -0.4 is 15.8 Å². The predicted octanol–water partition coefficient (Wildman–Crippen LogP) is 1.06. The highest BCUT2D eigenvalue weighted by atomic mass is 16.1. The van der Waals surface area contributed by atoms with Crippen LogP contribution in [-0.2, 0) is 13.6 Å². The van der Waals surface area contributed by atoms with Gasteiger partial charge in [0.05, 0.1) is 17.5 Å². The van der Waals surface area contributed by atoms with Gasteiger partial charge in [0.2, 0.25) is 0 Å². The van der Waals surface area contributed by atoms with E-state index in [9.17, 15) is 4.79 Å². The summed E-state index contributed by atoms with van der Waals surface area (Å²) >= 11 is 0. The fraction of sp³-hybridized carbons (Fsp3) is 0.368. The molecule has 0 aromatic carbocycles. The number of fused-ring (bicyclic) bond motifs is 1. The average Bonchev–Trinajstić information content (AvgIpc) is 3.11. The molecular weight excluding hydrogens is 342 g/mol. The van der Waals surface area contributed by atoms with E-state index in [2.05, 4.69) is 26.3 Å². The summed E-state index contributed by atoms with van der Waals surface area (Å²) in [6, 6.07) is 6.04. The fourth-order valence-corrected chi connectivity index (χ4v) is 3.51. The molecule has 0 saturated carbocycles. The van der Waals surface area contributed by atoms with Gasteiger partial charge in [0.25, 0.3) is 5.56 Å². The number of hydrogen-bond acceptors (Lipinski definition) is 6. The number of nitrogens with zero attached hydrogens (tertiary/aromatic N) is 6. The van der Waals surface area contributed by atoms with E-state index in [0.717, 1.165) is 37.3 Å². The summed E-state index contributed by atoms with van der Waals surface area (Å²) in [5.41, 5.74) is 2.38. The monoisotopic (exact) mass is 363 g/mol. The third kappa shape index (κ3) is 3.41. The summed E-state index contributed by atoms with van der Waals surface area (Å²) < 4.78 is 3.51. The summed E-state index contributed by atoms with van der Waals surface area (Å²) in [4.78, 5) is 23.1. The van der Waals surface area contributed by atoms with Crippen molar-refractivity contribution in [3.63, 3.8) is 0 Å². The summed E-state index contributed by atoms with van der Waals surface area (Å²) in [7, 11) is 1.74. The first kappa shape index (κ1) is 17.2. The van der Waals surface area contributed by atoms with Crippen molar-refractivity contribution in [1.29, 1.82) is 5.26 Å². The van der Waals surface area contributed by atoms with Gasteiger partial charge >= 0.3 is 0 Å². The lowest BCUT2D eigenvalue weighted by Gasteiger charge is -2.33. The van der Waals surface area contributed by atoms with Crippen molar-refractivity contribution in [3.8, 4) is 6.07 Å². The molecule has 3 aromatic heterocycles. The molecule has 1 aliphatic rings. The zero-order valence-electron chi connectivity index (χ0n) is 15.2. The van der Waals surface area contributed by atoms with Gasteiger partial charge in [-0.1, -0.05) is 0 Å². The minimum absolute atomic E-state index is 0.0658. The van der Waals surface area contributed by atoms with Crippen molar-refractivity contribution in [2.75, 3.05) is 18.0 Å². The second-order valence-electron chi connectivity index (χ2n) is 6.84. The van der Waals surface area contributed by atoms with Gasteiger partial charge in [-0.05, 0) is 25.0 Å². The van der Waals surface area contributed by atoms with Gasteiger partial charge in [0.15, 0.2) is 5.82 Å². The van der Waals surface area contributed by atoms with E-state index in [1.54, 1.807) is 30.1 Å². The van der Waals surface area contributed by atoms with Crippen LogP contribution in [0.4, 0.5) is 5.82 Å². The average molecular weight is 363 g/mol. The molecule has 0 aliphatic carbocycles. The Kier molecular flexibility index (Phi) is 4.60. The summed E-state index contributed by atoms with van der Waals surface area (Å²) in [6.07, 6.45) is 9.03. The third-order valence-corrected chi connectivity index (χ3v) is 5.00. The maximum absolute atomic E-state index is 12.3. The maximum Gasteiger partial charge on any atom is 0.293 e. The largest absolute Gasteiger partial charge is 0.350 e. The molecule has 1 atom stereocenters. The van der Waals surface area contributed by atoms with Gasteiger partial charge in [0, 0.05) is 51.3 Å². The van der Waals surface area contributed by atoms with Crippen LogP contribution in [0.25, 0.3) is 5.65 Å². The van der Waals surface area contributed by atoms with Gasteiger partial charge in [-0.2, -0.15) is 5.26 Å². The number of pyridine rings is 1. The molecule has 8 nitrogen and oxygen atoms in total. The van der Waals surface area contributed by atoms with Crippen LogP contribution in [0.15, 0.2) is 41.7 Å². The van der Waals surface area contributed by atoms with E-state index in [-0.39, 0.29) is 11.6 Å². The van der Waals surface area contributed by atoms with Crippen molar-refractivity contribution < 1.29 is 0 Å². The number of aromatic nitrogens is 4. The van der Waals surface area contributed by atoms with Crippen LogP contribution in [0.1, 0.15) is 24.1 Å². The number of nitrogens with one attached hydrogen (secondary N) is 1. The van der Waals surface area contributed by atoms with Crippen LogP contribution in [0.5, 0.6) is 0 Å². The van der Waals surface area contributed by atoms with E-state index < -0.39 is 0 Å². The van der Waals surface area contributed by atoms with Gasteiger partial charge in [0.1, 0.15) is 11.7 Å². The second kappa shape index (κ2) is 7.21. The standard InChI is InChI=1S/C19H21N7O/c1-24-8-6-21-18(19(24)27)25-7-2-3-15(13-25)22-10-16-11-23-17-5-4-14(9-20)12-26(16)17/h4-6,8,11-12,15,22H,2-3,7,10,13H2,1H3. The molecule has 1 fully saturated rings. The van der Waals surface area contributed by atoms with E-state index in [0.29, 0.717) is 17.9 Å². The Balaban J connectivity index is 1.47. The van der Waals surface area contributed by atoms with E-state index in [1.165, 1.54) is 0 Å². The SMILES string of the molecule is Cn1ccnc(N2CCCC(NCc3cnc4ccc(C#N)cn34)C2)c1=O. The number of nitriles is 1. The van der Waals surface area contributed by atoms with Crippen molar-refractivity contribution in [2.24, 2.45) is 7.05 Å². The molecule has 0 amide bonds. The number of hydrogen-bond donors (Lipinski definition) is 1. The third-order valence-electron chi connectivity index (χ3n) is 5.00. The van der Waals surface area contributed by atoms with Crippen LogP contribution >= 0.6 is 0 Å². The van der Waals surface area contributed by atoms with Crippen molar-refractivity contribution in [1.82, 2.24) is 24.3 Å². The lowest BCUT2D eigenvalue weighted by atomic mass is 10.1. The Morgan fingerprint density at radius 3 is 3.11 bits per heavy atom. The van der Waals surface area contributed by atoms with E-state index >= 15 is 0 Å². The first-order valence-electron chi connectivity index (χ1n) is 9.02. The molecule has 4 rings (SSSR count). The van der Waals surface area contributed by atoms with E-state index in [4.69, 9.17) is 5.26 Å². The lowest BCUT2D eigenvalue weighted by Crippen LogP contribution is -2.47. The Hall–Kier alpha value is -3.18. The predicted molar refractivity (Wildman–Crippen MR) is 101 cm³/mol. The van der Waals surface area contributed by atoms with Crippen LogP contribution in [0, 0.1) is 11.3 Å². The van der Waals surface area contributed by atoms with Crippen LogP contribution in [0.2, 0.25) is 0 Å². The van der Waals surface area contributed by atoms with E-state index in [1.807, 2.05) is 22.9 Å². The summed E-state index contributed by atoms with van der Waals surface area (Å²) in [6.45, 7) is 2.23. The zero-order valence-corrected chi connectivity index (χ0v) is 15.2. The molecule has 1 aliphatic heterocycles. The summed E-state index contributed by atoms with van der Waals surface area (Å²) in [5.74, 6) is 0.514. The second-order valence-corrected chi connectivity index (χ2v) is 6.84. The highest BCUT2D eigenvalue weighted by Crippen LogP contribution is 2.15. The molecule has 1 unspecified atom stereocenters. The fourth-order valence-electron chi connectivity index (χ4n) is 3.51. The molecule has 27 heavy (non-hydrogen) atoms. The first-order valence-corrected chi connectivity index (χ1v) is 9.02. The zero-order chi connectivity index (χ0) is 18.8. The molecule has 138 valence electrons. The number of rotatable bonds is 4. The highest BCUT2D eigenvalue weighted by Gasteiger charge is 2.23. The molecule has 1 saturated heterocycles. The normalized spacial score (nSPS) is 17.2. The number of piperidine rings is 1. The Labute approximate surface area is 156 Å². The van der Waals surface area contributed by atoms with Gasteiger partial charge < -0.3 is 19.2 Å². The smallest absolute Gasteiger partial charge is 0.293 e. The number of imidazole rings is 1. The Morgan fingerprint density at radius 1 is 1.37 bits per heavy atom. The molecule has 8 heteroatoms. The van der Waals surface area contributed by atoms with Gasteiger partial charge in [-0.25, -0.2) is 9.97 Å². The topological polar surface area (TPSA) is 91.2 Å². The maximum atomic E-state index is 12.3. The van der Waals surface area contributed by atoms with Gasteiger partial charge in [-0.15, -0.1) is 0 Å².